The summed E-state index contributed by atoms with van der Waals surface area (Å²) in [5.41, 5.74) is 5.33. The molecule has 150 valence electrons. The number of aryl methyl sites for hydroxylation is 2. The number of benzene rings is 2. The number of nitrogens with zero attached hydrogens (tertiary/aromatic N) is 1. The first kappa shape index (κ1) is 19.7. The highest BCUT2D eigenvalue weighted by molar-refractivity contribution is 9.10. The van der Waals surface area contributed by atoms with Crippen molar-refractivity contribution in [1.82, 2.24) is 10.2 Å². The van der Waals surface area contributed by atoms with Gasteiger partial charge in [-0.15, -0.1) is 0 Å². The summed E-state index contributed by atoms with van der Waals surface area (Å²) in [4.78, 5) is 3.13. The van der Waals surface area contributed by atoms with Crippen LogP contribution in [0.5, 0.6) is 0 Å². The highest BCUT2D eigenvalue weighted by atomic mass is 79.9. The van der Waals surface area contributed by atoms with Crippen LogP contribution >= 0.6 is 40.4 Å². The summed E-state index contributed by atoms with van der Waals surface area (Å²) in [5, 5.41) is 4.58. The molecule has 0 amide bonds. The summed E-state index contributed by atoms with van der Waals surface area (Å²) in [6.45, 7) is 4.34. The van der Waals surface area contributed by atoms with E-state index in [2.05, 4.69) is 82.5 Å². The molecule has 2 aromatic carbocycles. The molecule has 5 heteroatoms. The lowest BCUT2D eigenvalue weighted by Crippen LogP contribution is -2.55. The van der Waals surface area contributed by atoms with E-state index in [-0.39, 0.29) is 11.5 Å². The van der Waals surface area contributed by atoms with E-state index in [4.69, 9.17) is 24.4 Å². The average molecular weight is 486 g/mol. The molecule has 2 aliphatic carbocycles. The average Bonchev–Trinajstić information content (AvgIpc) is 3.01. The van der Waals surface area contributed by atoms with Crippen LogP contribution in [0.3, 0.4) is 0 Å². The largest absolute Gasteiger partial charge is 0.346 e. The number of hydrogen-bond donors (Lipinski definition) is 1. The lowest BCUT2D eigenvalue weighted by Gasteiger charge is -2.44. The summed E-state index contributed by atoms with van der Waals surface area (Å²) in [5.74, 6) is 0. The van der Waals surface area contributed by atoms with Gasteiger partial charge in [-0.1, -0.05) is 58.5 Å². The van der Waals surface area contributed by atoms with E-state index >= 15 is 0 Å². The van der Waals surface area contributed by atoms with Crippen molar-refractivity contribution in [3.05, 3.63) is 69.2 Å². The molecule has 1 atom stereocenters. The summed E-state index contributed by atoms with van der Waals surface area (Å²) in [6, 6.07) is 15.9. The van der Waals surface area contributed by atoms with E-state index in [9.17, 15) is 0 Å². The Morgan fingerprint density at radius 1 is 1.00 bits per heavy atom. The monoisotopic (exact) mass is 484 g/mol. The zero-order valence-corrected chi connectivity index (χ0v) is 20.0. The van der Waals surface area contributed by atoms with Crippen molar-refractivity contribution < 1.29 is 0 Å². The Morgan fingerprint density at radius 2 is 1.66 bits per heavy atom. The molecule has 2 spiro atoms. The van der Waals surface area contributed by atoms with Crippen LogP contribution in [0.2, 0.25) is 0 Å². The second-order valence-electron chi connectivity index (χ2n) is 8.98. The first-order valence-electron chi connectivity index (χ1n) is 10.4. The van der Waals surface area contributed by atoms with Crippen molar-refractivity contribution in [2.45, 2.75) is 57.5 Å². The summed E-state index contributed by atoms with van der Waals surface area (Å²) in [7, 11) is 0. The molecule has 1 aliphatic heterocycles. The zero-order chi connectivity index (χ0) is 20.4. The quantitative estimate of drug-likeness (QED) is 0.522. The van der Waals surface area contributed by atoms with Gasteiger partial charge in [-0.05, 0) is 92.6 Å². The third-order valence-electron chi connectivity index (χ3n) is 7.23. The molecule has 1 N–H and O–H groups in total. The maximum atomic E-state index is 6.23. The van der Waals surface area contributed by atoms with Crippen LogP contribution < -0.4 is 5.32 Å². The molecule has 1 heterocycles. The topological polar surface area (TPSA) is 15.3 Å². The number of rotatable bonds is 1. The van der Waals surface area contributed by atoms with Crippen molar-refractivity contribution in [1.29, 1.82) is 0 Å². The number of thiocarbonyl (C=S) groups is 2. The first-order chi connectivity index (χ1) is 13.9. The van der Waals surface area contributed by atoms with Gasteiger partial charge in [0.15, 0.2) is 5.11 Å². The smallest absolute Gasteiger partial charge is 0.175 e. The van der Waals surface area contributed by atoms with E-state index in [1.165, 1.54) is 22.3 Å². The lowest BCUT2D eigenvalue weighted by molar-refractivity contribution is 0.157. The molecule has 2 aromatic rings. The van der Waals surface area contributed by atoms with Gasteiger partial charge in [0, 0.05) is 15.9 Å². The molecule has 0 radical (unpaired) electrons. The molecular weight excluding hydrogens is 460 g/mol. The van der Waals surface area contributed by atoms with Crippen LogP contribution in [-0.2, 0) is 24.8 Å². The van der Waals surface area contributed by atoms with E-state index < -0.39 is 5.54 Å². The van der Waals surface area contributed by atoms with Gasteiger partial charge in [-0.2, -0.15) is 0 Å². The predicted octanol–water partition coefficient (Wildman–Crippen LogP) is 5.69. The van der Waals surface area contributed by atoms with E-state index in [1.54, 1.807) is 0 Å². The van der Waals surface area contributed by atoms with Gasteiger partial charge in [0.25, 0.3) is 0 Å². The minimum atomic E-state index is -0.398. The normalized spacial score (nSPS) is 24.8. The SMILES string of the molecule is CC(C)N1C(=S)NC2(C1=S)c1cc(Br)ccc1CC21CCc2ccccc2CC1. The van der Waals surface area contributed by atoms with Crippen molar-refractivity contribution in [2.75, 3.05) is 0 Å². The highest BCUT2D eigenvalue weighted by Crippen LogP contribution is 2.59. The second-order valence-corrected chi connectivity index (χ2v) is 10.7. The summed E-state index contributed by atoms with van der Waals surface area (Å²) in [6.07, 6.45) is 5.44. The molecule has 0 aromatic heterocycles. The fourth-order valence-corrected chi connectivity index (χ4v) is 7.42. The molecule has 1 fully saturated rings. The van der Waals surface area contributed by atoms with Gasteiger partial charge in [0.2, 0.25) is 0 Å². The number of nitrogens with one attached hydrogen (secondary N) is 1. The molecule has 29 heavy (non-hydrogen) atoms. The maximum Gasteiger partial charge on any atom is 0.175 e. The molecule has 2 nitrogen and oxygen atoms in total. The number of fused-ring (bicyclic) bond motifs is 4. The Labute approximate surface area is 192 Å². The molecular formula is C24H25BrN2S2. The second kappa shape index (κ2) is 6.86. The van der Waals surface area contributed by atoms with E-state index in [0.717, 1.165) is 46.7 Å². The van der Waals surface area contributed by atoms with Crippen LogP contribution in [0.1, 0.15) is 48.9 Å². The minimum Gasteiger partial charge on any atom is -0.346 e. The predicted molar refractivity (Wildman–Crippen MR) is 130 cm³/mol. The third-order valence-corrected chi connectivity index (χ3v) is 8.53. The molecule has 0 saturated carbocycles. The van der Waals surface area contributed by atoms with Crippen LogP contribution in [0.15, 0.2) is 46.9 Å². The molecule has 1 unspecified atom stereocenters. The third kappa shape index (κ3) is 2.70. The van der Waals surface area contributed by atoms with Crippen LogP contribution in [-0.4, -0.2) is 21.0 Å². The Bertz CT molecular complexity index is 1000. The Kier molecular flexibility index (Phi) is 4.65. The fourth-order valence-electron chi connectivity index (χ4n) is 5.86. The molecule has 3 aliphatic rings. The minimum absolute atomic E-state index is 0.0277. The van der Waals surface area contributed by atoms with E-state index in [1.807, 2.05) is 0 Å². The van der Waals surface area contributed by atoms with Crippen molar-refractivity contribution >= 4 is 50.5 Å². The first-order valence-corrected chi connectivity index (χ1v) is 12.0. The zero-order valence-electron chi connectivity index (χ0n) is 16.8. The van der Waals surface area contributed by atoms with Gasteiger partial charge >= 0.3 is 0 Å². The van der Waals surface area contributed by atoms with Gasteiger partial charge in [0.05, 0.1) is 0 Å². The molecule has 5 rings (SSSR count). The fraction of sp³-hybridized carbons (Fsp3) is 0.417. The van der Waals surface area contributed by atoms with Crippen molar-refractivity contribution in [3.63, 3.8) is 0 Å². The summed E-state index contributed by atoms with van der Waals surface area (Å²) >= 11 is 15.8. The standard InChI is InChI=1S/C24H25BrN2S2/c1-15(2)27-21(28)24(26-22(27)29)20-13-19(25)8-7-18(20)14-23(24)11-9-16-5-3-4-6-17(16)10-12-23/h3-8,13,15H,9-12,14H2,1-2H3,(H,26,29). The van der Waals surface area contributed by atoms with Gasteiger partial charge < -0.3 is 10.2 Å². The lowest BCUT2D eigenvalue weighted by atomic mass is 9.65. The molecule has 1 saturated heterocycles. The number of hydrogen-bond acceptors (Lipinski definition) is 2. The Balaban J connectivity index is 1.69. The van der Waals surface area contributed by atoms with Gasteiger partial charge in [-0.25, -0.2) is 0 Å². The highest BCUT2D eigenvalue weighted by Gasteiger charge is 2.64. The Hall–Kier alpha value is -1.30. The van der Waals surface area contributed by atoms with Crippen molar-refractivity contribution in [2.24, 2.45) is 5.41 Å². The maximum absolute atomic E-state index is 6.23. The van der Waals surface area contributed by atoms with Gasteiger partial charge in [0.1, 0.15) is 10.5 Å². The Morgan fingerprint density at radius 3 is 2.24 bits per heavy atom. The number of halogens is 1. The summed E-state index contributed by atoms with van der Waals surface area (Å²) < 4.78 is 1.10. The van der Waals surface area contributed by atoms with Crippen LogP contribution in [0.25, 0.3) is 0 Å². The van der Waals surface area contributed by atoms with Crippen LogP contribution in [0.4, 0.5) is 0 Å². The van der Waals surface area contributed by atoms with Crippen molar-refractivity contribution in [3.8, 4) is 0 Å². The molecule has 0 bridgehead atoms. The van der Waals surface area contributed by atoms with Gasteiger partial charge in [-0.3, -0.25) is 0 Å². The van der Waals surface area contributed by atoms with Crippen LogP contribution in [0, 0.1) is 5.41 Å². The van der Waals surface area contributed by atoms with E-state index in [0.29, 0.717) is 0 Å².